The molecule has 5 nitrogen and oxygen atoms in total. The Morgan fingerprint density at radius 1 is 1.00 bits per heavy atom. The predicted octanol–water partition coefficient (Wildman–Crippen LogP) is 1.55. The van der Waals surface area contributed by atoms with E-state index in [-0.39, 0.29) is 11.4 Å². The van der Waals surface area contributed by atoms with E-state index in [1.54, 1.807) is 41.5 Å². The Morgan fingerprint density at radius 2 is 1.53 bits per heavy atom. The average Bonchev–Trinajstić information content (AvgIpc) is 2.28. The Hall–Kier alpha value is -1.04. The smallest absolute Gasteiger partial charge is 0.240 e. The highest BCUT2D eigenvalue weighted by Crippen LogP contribution is 2.52. The molecule has 2 aliphatic rings. The molecule has 1 fully saturated rings. The van der Waals surface area contributed by atoms with Gasteiger partial charge in [0.2, 0.25) is 5.79 Å². The first kappa shape index (κ1) is 14.4. The molecule has 0 radical (unpaired) electrons. The molecule has 1 atom stereocenters. The molecule has 0 aromatic carbocycles. The highest BCUT2D eigenvalue weighted by atomic mass is 17.2. The normalized spacial score (nSPS) is 35.6. The highest BCUT2D eigenvalue weighted by molar-refractivity contribution is 6.19. The van der Waals surface area contributed by atoms with Crippen molar-refractivity contribution < 1.29 is 24.5 Å². The van der Waals surface area contributed by atoms with Gasteiger partial charge >= 0.3 is 0 Å². The fourth-order valence-electron chi connectivity index (χ4n) is 2.72. The molecule has 0 saturated heterocycles. The van der Waals surface area contributed by atoms with Gasteiger partial charge in [0, 0.05) is 0 Å². The molecule has 0 aromatic rings. The van der Waals surface area contributed by atoms with Crippen LogP contribution in [0.4, 0.5) is 0 Å². The van der Waals surface area contributed by atoms with Crippen molar-refractivity contribution >= 4 is 11.6 Å². The molecule has 1 heterocycles. The van der Waals surface area contributed by atoms with E-state index in [4.69, 9.17) is 9.78 Å². The SMILES string of the molecule is CC1(C)C=C2C(=O)C(C)(C)C(=O)C(C)(C)[C@]2(O)OO1. The molecule has 1 N–H and O–H groups in total. The topological polar surface area (TPSA) is 72.8 Å². The van der Waals surface area contributed by atoms with Crippen molar-refractivity contribution in [2.45, 2.75) is 52.9 Å². The number of hydrogen-bond acceptors (Lipinski definition) is 5. The van der Waals surface area contributed by atoms with Crippen LogP contribution in [0.5, 0.6) is 0 Å². The number of carbonyl (C=O) groups excluding carboxylic acids is 2. The van der Waals surface area contributed by atoms with Gasteiger partial charge in [-0.05, 0) is 47.6 Å². The monoisotopic (exact) mass is 268 g/mol. The summed E-state index contributed by atoms with van der Waals surface area (Å²) in [7, 11) is 0. The fourth-order valence-corrected chi connectivity index (χ4v) is 2.72. The van der Waals surface area contributed by atoms with Crippen LogP contribution in [-0.2, 0) is 19.4 Å². The quantitative estimate of drug-likeness (QED) is 0.533. The third-order valence-electron chi connectivity index (χ3n) is 4.03. The Bertz CT molecular complexity index is 498. The number of aliphatic hydroxyl groups is 1. The van der Waals surface area contributed by atoms with Gasteiger partial charge in [-0.15, -0.1) is 0 Å². The number of ketones is 2. The molecule has 1 aliphatic heterocycles. The van der Waals surface area contributed by atoms with E-state index in [0.29, 0.717) is 0 Å². The van der Waals surface area contributed by atoms with Crippen LogP contribution in [0.3, 0.4) is 0 Å². The summed E-state index contributed by atoms with van der Waals surface area (Å²) < 4.78 is 0. The van der Waals surface area contributed by atoms with Crippen LogP contribution in [0, 0.1) is 10.8 Å². The van der Waals surface area contributed by atoms with Gasteiger partial charge in [-0.3, -0.25) is 9.59 Å². The first-order valence-corrected chi connectivity index (χ1v) is 6.28. The van der Waals surface area contributed by atoms with Crippen LogP contribution < -0.4 is 0 Å². The van der Waals surface area contributed by atoms with Gasteiger partial charge in [-0.2, -0.15) is 4.89 Å². The minimum Gasteiger partial charge on any atom is -0.359 e. The molecule has 0 amide bonds. The summed E-state index contributed by atoms with van der Waals surface area (Å²) in [6.07, 6.45) is 1.54. The molecule has 0 unspecified atom stereocenters. The standard InChI is InChI=1S/C14H20O5/c1-11(2)7-8-9(15)12(3,4)10(16)13(5,6)14(8,17)19-18-11/h7,17H,1-6H3/t14-/m1/s1. The summed E-state index contributed by atoms with van der Waals surface area (Å²) in [5.74, 6) is -2.82. The van der Waals surface area contributed by atoms with Crippen molar-refractivity contribution in [1.29, 1.82) is 0 Å². The van der Waals surface area contributed by atoms with E-state index < -0.39 is 28.0 Å². The van der Waals surface area contributed by atoms with E-state index in [9.17, 15) is 14.7 Å². The Balaban J connectivity index is 2.71. The van der Waals surface area contributed by atoms with E-state index >= 15 is 0 Å². The summed E-state index contributed by atoms with van der Waals surface area (Å²) in [5, 5.41) is 10.7. The van der Waals surface area contributed by atoms with Gasteiger partial charge in [-0.1, -0.05) is 0 Å². The van der Waals surface area contributed by atoms with Gasteiger partial charge in [0.15, 0.2) is 11.6 Å². The lowest BCUT2D eigenvalue weighted by atomic mass is 9.57. The second kappa shape index (κ2) is 3.53. The summed E-state index contributed by atoms with van der Waals surface area (Å²) >= 11 is 0. The van der Waals surface area contributed by atoms with E-state index in [1.165, 1.54) is 6.08 Å². The largest absolute Gasteiger partial charge is 0.359 e. The zero-order chi connectivity index (χ0) is 14.9. The van der Waals surface area contributed by atoms with Crippen LogP contribution in [0.15, 0.2) is 11.6 Å². The summed E-state index contributed by atoms with van der Waals surface area (Å²) in [5.41, 5.74) is -3.19. The molecule has 1 aliphatic carbocycles. The van der Waals surface area contributed by atoms with Gasteiger partial charge in [0.1, 0.15) is 5.60 Å². The second-order valence-electron chi connectivity index (χ2n) is 6.88. The van der Waals surface area contributed by atoms with Crippen LogP contribution >= 0.6 is 0 Å². The maximum atomic E-state index is 12.5. The predicted molar refractivity (Wildman–Crippen MR) is 66.9 cm³/mol. The number of rotatable bonds is 0. The zero-order valence-electron chi connectivity index (χ0n) is 12.2. The van der Waals surface area contributed by atoms with Crippen molar-refractivity contribution in [3.8, 4) is 0 Å². The van der Waals surface area contributed by atoms with Gasteiger partial charge in [-0.25, -0.2) is 4.89 Å². The first-order chi connectivity index (χ1) is 8.36. The highest BCUT2D eigenvalue weighted by Gasteiger charge is 2.67. The van der Waals surface area contributed by atoms with E-state index in [0.717, 1.165) is 0 Å². The Morgan fingerprint density at radius 3 is 2.05 bits per heavy atom. The van der Waals surface area contributed by atoms with E-state index in [2.05, 4.69) is 0 Å². The molecular formula is C14H20O5. The van der Waals surface area contributed by atoms with Crippen molar-refractivity contribution in [3.63, 3.8) is 0 Å². The lowest BCUT2D eigenvalue weighted by Crippen LogP contribution is -2.66. The minimum absolute atomic E-state index is 0.0957. The molecule has 0 spiro atoms. The lowest BCUT2D eigenvalue weighted by molar-refractivity contribution is -0.462. The van der Waals surface area contributed by atoms with Crippen LogP contribution in [0.1, 0.15) is 41.5 Å². The summed E-state index contributed by atoms with van der Waals surface area (Å²) in [4.78, 5) is 35.1. The molecule has 5 heteroatoms. The molecule has 19 heavy (non-hydrogen) atoms. The number of Topliss-reactive ketones (excluding diaryl/α,β-unsaturated/α-hetero) is 2. The Labute approximate surface area is 112 Å². The van der Waals surface area contributed by atoms with Crippen LogP contribution in [-0.4, -0.2) is 28.1 Å². The van der Waals surface area contributed by atoms with Crippen molar-refractivity contribution in [2.75, 3.05) is 0 Å². The third kappa shape index (κ3) is 1.65. The first-order valence-electron chi connectivity index (χ1n) is 6.28. The van der Waals surface area contributed by atoms with Crippen molar-refractivity contribution in [3.05, 3.63) is 11.6 Å². The minimum atomic E-state index is -2.04. The third-order valence-corrected chi connectivity index (χ3v) is 4.03. The summed E-state index contributed by atoms with van der Waals surface area (Å²) in [6.45, 7) is 9.68. The molecule has 0 aromatic heterocycles. The van der Waals surface area contributed by atoms with Gasteiger partial charge in [0.25, 0.3) is 0 Å². The van der Waals surface area contributed by atoms with Crippen LogP contribution in [0.25, 0.3) is 0 Å². The molecule has 0 bridgehead atoms. The van der Waals surface area contributed by atoms with Crippen LogP contribution in [0.2, 0.25) is 0 Å². The molecule has 106 valence electrons. The summed E-state index contributed by atoms with van der Waals surface area (Å²) in [6, 6.07) is 0. The number of fused-ring (bicyclic) bond motifs is 1. The maximum Gasteiger partial charge on any atom is 0.240 e. The molecular weight excluding hydrogens is 248 g/mol. The molecule has 1 saturated carbocycles. The number of carbonyl (C=O) groups is 2. The second-order valence-corrected chi connectivity index (χ2v) is 6.88. The van der Waals surface area contributed by atoms with Gasteiger partial charge in [0.05, 0.1) is 16.4 Å². The van der Waals surface area contributed by atoms with E-state index in [1.807, 2.05) is 0 Å². The maximum absolute atomic E-state index is 12.5. The van der Waals surface area contributed by atoms with Gasteiger partial charge < -0.3 is 5.11 Å². The van der Waals surface area contributed by atoms with Crippen molar-refractivity contribution in [1.82, 2.24) is 0 Å². The molecule has 2 rings (SSSR count). The Kier molecular flexibility index (Phi) is 2.67. The average molecular weight is 268 g/mol. The lowest BCUT2D eigenvalue weighted by Gasteiger charge is -2.51. The fraction of sp³-hybridized carbons (Fsp3) is 0.714. The van der Waals surface area contributed by atoms with Crippen molar-refractivity contribution in [2.24, 2.45) is 10.8 Å². The zero-order valence-corrected chi connectivity index (χ0v) is 12.2. The number of hydrogen-bond donors (Lipinski definition) is 1.